The molecule has 1 rings (SSSR count). The first-order valence-electron chi connectivity index (χ1n) is 3.36. The molecule has 1 aromatic rings. The van der Waals surface area contributed by atoms with Gasteiger partial charge in [-0.05, 0) is 6.92 Å². The van der Waals surface area contributed by atoms with Crippen molar-refractivity contribution >= 4 is 5.71 Å². The molecule has 1 aromatic heterocycles. The summed E-state index contributed by atoms with van der Waals surface area (Å²) in [5, 5.41) is 18.9. The second kappa shape index (κ2) is 3.82. The summed E-state index contributed by atoms with van der Waals surface area (Å²) < 4.78 is 6.34. The molecule has 0 amide bonds. The molecule has 1 N–H and O–H groups in total. The van der Waals surface area contributed by atoms with Crippen molar-refractivity contribution in [3.05, 3.63) is 11.9 Å². The Labute approximate surface area is 69.4 Å². The molecule has 0 aliphatic heterocycles. The van der Waals surface area contributed by atoms with Gasteiger partial charge in [0.2, 0.25) is 0 Å². The summed E-state index contributed by atoms with van der Waals surface area (Å²) in [6.45, 7) is 1.95. The highest BCUT2D eigenvalue weighted by atomic mass is 16.5. The van der Waals surface area contributed by atoms with E-state index in [1.807, 2.05) is 0 Å². The maximum absolute atomic E-state index is 8.48. The van der Waals surface area contributed by atoms with E-state index < -0.39 is 0 Å². The lowest BCUT2D eigenvalue weighted by molar-refractivity contribution is 0.118. The number of nitrogens with zero attached hydrogens (tertiary/aromatic N) is 4. The highest BCUT2D eigenvalue weighted by Crippen LogP contribution is 1.98. The van der Waals surface area contributed by atoms with E-state index in [9.17, 15) is 0 Å². The summed E-state index contributed by atoms with van der Waals surface area (Å²) >= 11 is 0. The monoisotopic (exact) mass is 170 g/mol. The number of methoxy groups -OCH3 is 1. The number of oxime groups is 1. The van der Waals surface area contributed by atoms with E-state index in [2.05, 4.69) is 15.5 Å². The van der Waals surface area contributed by atoms with Gasteiger partial charge in [0.15, 0.2) is 0 Å². The second-order valence-corrected chi connectivity index (χ2v) is 2.22. The van der Waals surface area contributed by atoms with Crippen molar-refractivity contribution in [1.82, 2.24) is 15.0 Å². The normalized spacial score (nSPS) is 12.0. The molecular formula is C6H10N4O2. The summed E-state index contributed by atoms with van der Waals surface area (Å²) in [6.07, 6.45) is 1.51. The molecule has 0 bridgehead atoms. The van der Waals surface area contributed by atoms with Crippen LogP contribution in [0.4, 0.5) is 0 Å². The Bertz CT molecular complexity index is 281. The fourth-order valence-electron chi connectivity index (χ4n) is 0.807. The minimum Gasteiger partial charge on any atom is -0.411 e. The Morgan fingerprint density at radius 2 is 2.58 bits per heavy atom. The van der Waals surface area contributed by atoms with Gasteiger partial charge in [-0.15, -0.1) is 5.10 Å². The zero-order valence-electron chi connectivity index (χ0n) is 6.93. The zero-order valence-corrected chi connectivity index (χ0v) is 6.93. The summed E-state index contributed by atoms with van der Waals surface area (Å²) in [5.74, 6) is 0. The predicted molar refractivity (Wildman–Crippen MR) is 41.0 cm³/mol. The first-order chi connectivity index (χ1) is 5.79. The average molecular weight is 170 g/mol. The number of hydrogen-bond donors (Lipinski definition) is 1. The number of rotatable bonds is 3. The molecule has 0 radical (unpaired) electrons. The molecule has 6 heteroatoms. The molecule has 0 aliphatic carbocycles. The lowest BCUT2D eigenvalue weighted by Crippen LogP contribution is -2.10. The SMILES string of the molecule is COCn1nncc1/C(C)=N/O. The van der Waals surface area contributed by atoms with Crippen molar-refractivity contribution in [2.24, 2.45) is 5.16 Å². The molecule has 0 spiro atoms. The fourth-order valence-corrected chi connectivity index (χ4v) is 0.807. The van der Waals surface area contributed by atoms with Gasteiger partial charge in [0.05, 0.1) is 6.20 Å². The topological polar surface area (TPSA) is 72.5 Å². The minimum atomic E-state index is 0.294. The summed E-state index contributed by atoms with van der Waals surface area (Å²) in [7, 11) is 1.55. The Balaban J connectivity index is 2.91. The smallest absolute Gasteiger partial charge is 0.141 e. The third-order valence-electron chi connectivity index (χ3n) is 1.39. The van der Waals surface area contributed by atoms with E-state index in [1.54, 1.807) is 14.0 Å². The van der Waals surface area contributed by atoms with E-state index in [4.69, 9.17) is 9.94 Å². The van der Waals surface area contributed by atoms with Crippen molar-refractivity contribution in [1.29, 1.82) is 0 Å². The van der Waals surface area contributed by atoms with Crippen molar-refractivity contribution in [3.8, 4) is 0 Å². The van der Waals surface area contributed by atoms with Gasteiger partial charge in [0, 0.05) is 7.11 Å². The second-order valence-electron chi connectivity index (χ2n) is 2.22. The Morgan fingerprint density at radius 3 is 3.17 bits per heavy atom. The van der Waals surface area contributed by atoms with Crippen LogP contribution in [0.5, 0.6) is 0 Å². The fraction of sp³-hybridized carbons (Fsp3) is 0.500. The number of hydrogen-bond acceptors (Lipinski definition) is 5. The van der Waals surface area contributed by atoms with Crippen molar-refractivity contribution in [2.45, 2.75) is 13.7 Å². The van der Waals surface area contributed by atoms with Gasteiger partial charge >= 0.3 is 0 Å². The quantitative estimate of drug-likeness (QED) is 0.396. The van der Waals surface area contributed by atoms with Crippen LogP contribution in [0, 0.1) is 0 Å². The van der Waals surface area contributed by atoms with Gasteiger partial charge in [0.1, 0.15) is 18.1 Å². The van der Waals surface area contributed by atoms with E-state index >= 15 is 0 Å². The molecule has 66 valence electrons. The lowest BCUT2D eigenvalue weighted by Gasteiger charge is -2.01. The highest BCUT2D eigenvalue weighted by molar-refractivity contribution is 5.96. The van der Waals surface area contributed by atoms with Gasteiger partial charge < -0.3 is 9.94 Å². The number of ether oxygens (including phenoxy) is 1. The molecule has 0 saturated heterocycles. The van der Waals surface area contributed by atoms with Crippen LogP contribution < -0.4 is 0 Å². The highest BCUT2D eigenvalue weighted by Gasteiger charge is 2.05. The predicted octanol–water partition coefficient (Wildman–Crippen LogP) is 0.0802. The average Bonchev–Trinajstić information content (AvgIpc) is 2.52. The molecular weight excluding hydrogens is 160 g/mol. The van der Waals surface area contributed by atoms with Crippen molar-refractivity contribution in [2.75, 3.05) is 7.11 Å². The van der Waals surface area contributed by atoms with Crippen LogP contribution in [0.3, 0.4) is 0 Å². The minimum absolute atomic E-state index is 0.294. The third kappa shape index (κ3) is 1.59. The maximum atomic E-state index is 8.48. The van der Waals surface area contributed by atoms with Crippen molar-refractivity contribution < 1.29 is 9.94 Å². The van der Waals surface area contributed by atoms with Crippen LogP contribution in [0.15, 0.2) is 11.4 Å². The first kappa shape index (κ1) is 8.66. The zero-order chi connectivity index (χ0) is 8.97. The molecule has 0 unspecified atom stereocenters. The van der Waals surface area contributed by atoms with Crippen LogP contribution in [-0.2, 0) is 11.5 Å². The van der Waals surface area contributed by atoms with Gasteiger partial charge in [-0.2, -0.15) is 0 Å². The van der Waals surface area contributed by atoms with Crippen LogP contribution in [0.25, 0.3) is 0 Å². The number of aromatic nitrogens is 3. The Morgan fingerprint density at radius 1 is 1.83 bits per heavy atom. The third-order valence-corrected chi connectivity index (χ3v) is 1.39. The van der Waals surface area contributed by atoms with Gasteiger partial charge in [0.25, 0.3) is 0 Å². The van der Waals surface area contributed by atoms with E-state index in [-0.39, 0.29) is 0 Å². The largest absolute Gasteiger partial charge is 0.411 e. The molecule has 0 saturated carbocycles. The van der Waals surface area contributed by atoms with Gasteiger partial charge in [-0.1, -0.05) is 10.4 Å². The molecule has 0 atom stereocenters. The van der Waals surface area contributed by atoms with Crippen LogP contribution in [-0.4, -0.2) is 33.0 Å². The van der Waals surface area contributed by atoms with Crippen LogP contribution in [0.2, 0.25) is 0 Å². The standard InChI is InChI=1S/C6H10N4O2/c1-5(8-11)6-3-7-9-10(6)4-12-2/h3,11H,4H2,1-2H3/b8-5+. The molecule has 0 aromatic carbocycles. The van der Waals surface area contributed by atoms with E-state index in [0.29, 0.717) is 18.1 Å². The summed E-state index contributed by atoms with van der Waals surface area (Å²) in [6, 6.07) is 0. The molecule has 12 heavy (non-hydrogen) atoms. The molecule has 6 nitrogen and oxygen atoms in total. The van der Waals surface area contributed by atoms with E-state index in [0.717, 1.165) is 0 Å². The molecule has 1 heterocycles. The summed E-state index contributed by atoms with van der Waals surface area (Å²) in [5.41, 5.74) is 1.09. The maximum Gasteiger partial charge on any atom is 0.141 e. The summed E-state index contributed by atoms with van der Waals surface area (Å²) in [4.78, 5) is 0. The lowest BCUT2D eigenvalue weighted by atomic mass is 10.3. The van der Waals surface area contributed by atoms with Crippen LogP contribution in [0.1, 0.15) is 12.6 Å². The Hall–Kier alpha value is -1.43. The first-order valence-corrected chi connectivity index (χ1v) is 3.36. The molecule has 0 aliphatic rings. The van der Waals surface area contributed by atoms with Gasteiger partial charge in [-0.3, -0.25) is 0 Å². The molecule has 0 fully saturated rings. The van der Waals surface area contributed by atoms with E-state index in [1.165, 1.54) is 10.9 Å². The Kier molecular flexibility index (Phi) is 2.76. The van der Waals surface area contributed by atoms with Gasteiger partial charge in [-0.25, -0.2) is 4.68 Å². The van der Waals surface area contributed by atoms with Crippen LogP contribution >= 0.6 is 0 Å². The van der Waals surface area contributed by atoms with Crippen molar-refractivity contribution in [3.63, 3.8) is 0 Å².